The number of rotatable bonds is 7. The van der Waals surface area contributed by atoms with Crippen LogP contribution in [-0.4, -0.2) is 79.5 Å². The van der Waals surface area contributed by atoms with Crippen LogP contribution in [0.5, 0.6) is 0 Å². The fourth-order valence-electron chi connectivity index (χ4n) is 6.46. The molecule has 0 radical (unpaired) electrons. The maximum absolute atomic E-state index is 14.7. The Hall–Kier alpha value is -4.71. The highest BCUT2D eigenvalue weighted by Crippen LogP contribution is 2.64. The summed E-state index contributed by atoms with van der Waals surface area (Å²) in [6, 6.07) is 16.4. The fraction of sp³-hybridized carbons (Fsp3) is 0.367. The SMILES string of the molecule is COC(=O)C1=C(C)N(Cc2ccccc2)[C@]23O[C@](C(=O)OC)(C(=O)N2[C@@H]1c1ccccc1)[C@@H](C(=O)OC)[C@H]3C(=O)OC. The predicted molar refractivity (Wildman–Crippen MR) is 142 cm³/mol. The van der Waals surface area contributed by atoms with Crippen molar-refractivity contribution in [2.24, 2.45) is 11.8 Å². The Morgan fingerprint density at radius 3 is 1.93 bits per heavy atom. The summed E-state index contributed by atoms with van der Waals surface area (Å²) in [7, 11) is 4.45. The summed E-state index contributed by atoms with van der Waals surface area (Å²) < 4.78 is 26.9. The smallest absolute Gasteiger partial charge is 0.349 e. The number of esters is 4. The monoisotopic (exact) mass is 578 g/mol. The third-order valence-electron chi connectivity index (χ3n) is 8.19. The van der Waals surface area contributed by atoms with Gasteiger partial charge in [0.2, 0.25) is 5.85 Å². The Kier molecular flexibility index (Phi) is 7.27. The molecule has 2 saturated heterocycles. The molecule has 0 saturated carbocycles. The van der Waals surface area contributed by atoms with Crippen LogP contribution >= 0.6 is 0 Å². The van der Waals surface area contributed by atoms with E-state index in [-0.39, 0.29) is 12.1 Å². The Balaban J connectivity index is 1.91. The molecule has 3 aliphatic heterocycles. The highest BCUT2D eigenvalue weighted by Gasteiger charge is 2.87. The number of amides is 1. The molecule has 1 spiro atoms. The van der Waals surface area contributed by atoms with Gasteiger partial charge < -0.3 is 28.6 Å². The molecule has 12 heteroatoms. The van der Waals surface area contributed by atoms with Gasteiger partial charge in [-0.15, -0.1) is 0 Å². The molecule has 2 fully saturated rings. The van der Waals surface area contributed by atoms with Gasteiger partial charge in [-0.1, -0.05) is 60.7 Å². The first-order valence-corrected chi connectivity index (χ1v) is 13.1. The highest BCUT2D eigenvalue weighted by atomic mass is 16.6. The molecule has 0 unspecified atom stereocenters. The normalized spacial score (nSPS) is 27.8. The average molecular weight is 579 g/mol. The van der Waals surface area contributed by atoms with E-state index in [0.717, 1.165) is 21.3 Å². The first kappa shape index (κ1) is 28.8. The quantitative estimate of drug-likeness (QED) is 0.270. The standard InChI is InChI=1S/C30H30N2O10/c1-17-20(24(33)38-2)23(19-14-10-7-11-15-19)32-27(36)29(28(37)41-5)21(25(34)39-3)22(26(35)40-4)30(32,42-29)31(17)16-18-12-8-6-9-13-18/h6-15,21-23H,16H2,1-5H3/t21-,22+,23-,29+,30+/m1/s1. The van der Waals surface area contributed by atoms with E-state index < -0.39 is 59.1 Å². The minimum absolute atomic E-state index is 0.00288. The van der Waals surface area contributed by atoms with Crippen molar-refractivity contribution in [2.45, 2.75) is 31.0 Å². The molecule has 3 heterocycles. The van der Waals surface area contributed by atoms with Crippen LogP contribution in [0.15, 0.2) is 71.9 Å². The van der Waals surface area contributed by atoms with Crippen molar-refractivity contribution in [3.8, 4) is 0 Å². The van der Waals surface area contributed by atoms with Gasteiger partial charge in [0.05, 0.1) is 40.1 Å². The first-order valence-electron chi connectivity index (χ1n) is 13.1. The van der Waals surface area contributed by atoms with Crippen molar-refractivity contribution in [3.05, 3.63) is 83.1 Å². The van der Waals surface area contributed by atoms with Gasteiger partial charge in [-0.05, 0) is 18.1 Å². The van der Waals surface area contributed by atoms with Gasteiger partial charge in [0, 0.05) is 12.2 Å². The van der Waals surface area contributed by atoms with E-state index in [4.69, 9.17) is 23.7 Å². The van der Waals surface area contributed by atoms with Gasteiger partial charge in [-0.2, -0.15) is 0 Å². The van der Waals surface area contributed by atoms with Gasteiger partial charge in [0.25, 0.3) is 11.5 Å². The van der Waals surface area contributed by atoms with Crippen molar-refractivity contribution in [3.63, 3.8) is 0 Å². The van der Waals surface area contributed by atoms with Crippen molar-refractivity contribution in [1.82, 2.24) is 9.80 Å². The van der Waals surface area contributed by atoms with Crippen molar-refractivity contribution >= 4 is 29.8 Å². The lowest BCUT2D eigenvalue weighted by atomic mass is 9.71. The predicted octanol–water partition coefficient (Wildman–Crippen LogP) is 1.71. The maximum atomic E-state index is 14.7. The number of hydrogen-bond acceptors (Lipinski definition) is 11. The second-order valence-corrected chi connectivity index (χ2v) is 10.0. The van der Waals surface area contributed by atoms with Crippen molar-refractivity contribution in [2.75, 3.05) is 28.4 Å². The number of carbonyl (C=O) groups is 5. The number of nitrogens with zero attached hydrogens (tertiary/aromatic N) is 2. The Labute approximate surface area is 241 Å². The molecule has 220 valence electrons. The van der Waals surface area contributed by atoms with Crippen LogP contribution in [0.25, 0.3) is 0 Å². The first-order chi connectivity index (χ1) is 20.1. The van der Waals surface area contributed by atoms with E-state index in [1.807, 2.05) is 6.07 Å². The molecule has 0 aromatic heterocycles. The zero-order valence-electron chi connectivity index (χ0n) is 23.7. The number of carbonyl (C=O) groups excluding carboxylic acids is 5. The summed E-state index contributed by atoms with van der Waals surface area (Å²) in [5, 5.41) is 0. The minimum Gasteiger partial charge on any atom is -0.469 e. The Bertz CT molecular complexity index is 1480. The molecule has 42 heavy (non-hydrogen) atoms. The molecule has 2 bridgehead atoms. The summed E-state index contributed by atoms with van der Waals surface area (Å²) in [6.45, 7) is 1.63. The number of fused-ring (bicyclic) bond motifs is 1. The van der Waals surface area contributed by atoms with Crippen molar-refractivity contribution in [1.29, 1.82) is 0 Å². The maximum Gasteiger partial charge on any atom is 0.349 e. The number of benzene rings is 2. The molecule has 1 amide bonds. The van der Waals surface area contributed by atoms with Gasteiger partial charge in [-0.25, -0.2) is 9.59 Å². The van der Waals surface area contributed by atoms with Gasteiger partial charge >= 0.3 is 23.9 Å². The molecule has 0 N–H and O–H groups in total. The largest absolute Gasteiger partial charge is 0.469 e. The molecule has 5 rings (SSSR count). The highest BCUT2D eigenvalue weighted by molar-refractivity contribution is 6.14. The summed E-state index contributed by atoms with van der Waals surface area (Å²) in [5.41, 5.74) is -1.07. The second-order valence-electron chi connectivity index (χ2n) is 10.0. The van der Waals surface area contributed by atoms with Crippen LogP contribution in [0.3, 0.4) is 0 Å². The van der Waals surface area contributed by atoms with Crippen LogP contribution < -0.4 is 0 Å². The van der Waals surface area contributed by atoms with Gasteiger partial charge in [-0.3, -0.25) is 19.3 Å². The van der Waals surface area contributed by atoms with Gasteiger partial charge in [0.15, 0.2) is 0 Å². The van der Waals surface area contributed by atoms with Crippen LogP contribution in [0.2, 0.25) is 0 Å². The van der Waals surface area contributed by atoms with E-state index in [9.17, 15) is 24.0 Å². The number of ether oxygens (including phenoxy) is 5. The summed E-state index contributed by atoms with van der Waals surface area (Å²) in [4.78, 5) is 71.6. The molecule has 5 atom stereocenters. The minimum atomic E-state index is -2.63. The molecular weight excluding hydrogens is 548 g/mol. The topological polar surface area (TPSA) is 138 Å². The third-order valence-corrected chi connectivity index (χ3v) is 8.19. The van der Waals surface area contributed by atoms with E-state index in [1.54, 1.807) is 61.5 Å². The van der Waals surface area contributed by atoms with E-state index in [2.05, 4.69) is 0 Å². The number of hydrogen-bond donors (Lipinski definition) is 0. The number of methoxy groups -OCH3 is 4. The van der Waals surface area contributed by atoms with E-state index in [1.165, 1.54) is 16.9 Å². The lowest BCUT2D eigenvalue weighted by Crippen LogP contribution is -2.72. The van der Waals surface area contributed by atoms with Crippen LogP contribution in [-0.2, 0) is 54.2 Å². The molecule has 12 nitrogen and oxygen atoms in total. The number of allylic oxidation sites excluding steroid dienone is 1. The Morgan fingerprint density at radius 1 is 0.810 bits per heavy atom. The molecule has 0 aliphatic carbocycles. The summed E-state index contributed by atoms with van der Waals surface area (Å²) >= 11 is 0. The molecule has 2 aromatic carbocycles. The van der Waals surface area contributed by atoms with Crippen LogP contribution in [0.1, 0.15) is 24.1 Å². The average Bonchev–Trinajstić information content (AvgIpc) is 3.48. The molecule has 2 aromatic rings. The molecule has 3 aliphatic rings. The van der Waals surface area contributed by atoms with Crippen molar-refractivity contribution < 1.29 is 47.7 Å². The Morgan fingerprint density at radius 2 is 1.38 bits per heavy atom. The summed E-state index contributed by atoms with van der Waals surface area (Å²) in [6.07, 6.45) is 0. The fourth-order valence-corrected chi connectivity index (χ4v) is 6.46. The lowest BCUT2D eigenvalue weighted by Gasteiger charge is -2.55. The lowest BCUT2D eigenvalue weighted by molar-refractivity contribution is -0.232. The summed E-state index contributed by atoms with van der Waals surface area (Å²) in [5.74, 6) is -10.4. The van der Waals surface area contributed by atoms with Crippen LogP contribution in [0.4, 0.5) is 0 Å². The zero-order valence-corrected chi connectivity index (χ0v) is 23.7. The van der Waals surface area contributed by atoms with E-state index in [0.29, 0.717) is 16.8 Å². The number of piperidine rings is 1. The van der Waals surface area contributed by atoms with Gasteiger partial charge in [0.1, 0.15) is 11.8 Å². The third kappa shape index (κ3) is 3.74. The zero-order chi connectivity index (χ0) is 30.4. The molecular formula is C30H30N2O10. The van der Waals surface area contributed by atoms with E-state index >= 15 is 0 Å². The second kappa shape index (κ2) is 10.6. The van der Waals surface area contributed by atoms with Crippen LogP contribution in [0, 0.1) is 11.8 Å².